The van der Waals surface area contributed by atoms with Crippen molar-refractivity contribution in [1.82, 2.24) is 4.90 Å². The highest BCUT2D eigenvalue weighted by atomic mass is 16.5. The Balaban J connectivity index is 2.48. The van der Waals surface area contributed by atoms with Crippen LogP contribution < -0.4 is 0 Å². The maximum absolute atomic E-state index is 11.6. The van der Waals surface area contributed by atoms with E-state index in [1.54, 1.807) is 4.90 Å². The van der Waals surface area contributed by atoms with E-state index in [1.165, 1.54) is 20.0 Å². The van der Waals surface area contributed by atoms with Crippen LogP contribution in [0.3, 0.4) is 0 Å². The van der Waals surface area contributed by atoms with Crippen LogP contribution in [0.4, 0.5) is 0 Å². The van der Waals surface area contributed by atoms with Gasteiger partial charge in [-0.25, -0.2) is 4.79 Å². The van der Waals surface area contributed by atoms with Crippen LogP contribution >= 0.6 is 0 Å². The molecule has 0 radical (unpaired) electrons. The molecule has 0 saturated carbocycles. The first-order chi connectivity index (χ1) is 7.25. The summed E-state index contributed by atoms with van der Waals surface area (Å²) in [7, 11) is 1.25. The lowest BCUT2D eigenvalue weighted by Gasteiger charge is -2.20. The summed E-state index contributed by atoms with van der Waals surface area (Å²) in [6.45, 7) is 1.38. The Labute approximate surface area is 90.6 Å². The average Bonchev–Trinajstić information content (AvgIpc) is 2.40. The smallest absolute Gasteiger partial charge is 0.396 e. The number of nitrogens with zero attached hydrogens (tertiary/aromatic N) is 1. The van der Waals surface area contributed by atoms with E-state index in [2.05, 4.69) is 4.74 Å². The first-order valence-corrected chi connectivity index (χ1v) is 5.63. The van der Waals surface area contributed by atoms with Gasteiger partial charge in [-0.1, -0.05) is 25.7 Å². The van der Waals surface area contributed by atoms with Crippen molar-refractivity contribution >= 4 is 11.9 Å². The number of esters is 1. The molecule has 1 saturated heterocycles. The van der Waals surface area contributed by atoms with Crippen molar-refractivity contribution in [2.24, 2.45) is 0 Å². The van der Waals surface area contributed by atoms with Crippen LogP contribution in [0.1, 0.15) is 38.5 Å². The van der Waals surface area contributed by atoms with Crippen LogP contribution in [0, 0.1) is 0 Å². The van der Waals surface area contributed by atoms with Crippen molar-refractivity contribution in [3.05, 3.63) is 0 Å². The van der Waals surface area contributed by atoms with Gasteiger partial charge in [-0.2, -0.15) is 0 Å². The molecule has 0 unspecified atom stereocenters. The lowest BCUT2D eigenvalue weighted by Crippen LogP contribution is -2.38. The summed E-state index contributed by atoms with van der Waals surface area (Å²) in [6.07, 6.45) is 6.74. The summed E-state index contributed by atoms with van der Waals surface area (Å²) < 4.78 is 4.44. The van der Waals surface area contributed by atoms with E-state index >= 15 is 0 Å². The fraction of sp³-hybridized carbons (Fsp3) is 0.818. The monoisotopic (exact) mass is 213 g/mol. The minimum atomic E-state index is -0.741. The third-order valence-corrected chi connectivity index (χ3v) is 2.75. The molecule has 0 atom stereocenters. The minimum absolute atomic E-state index is 0.487. The fourth-order valence-corrected chi connectivity index (χ4v) is 1.84. The van der Waals surface area contributed by atoms with Crippen molar-refractivity contribution in [3.8, 4) is 0 Å². The zero-order valence-corrected chi connectivity index (χ0v) is 9.33. The second-order valence-corrected chi connectivity index (χ2v) is 3.91. The lowest BCUT2D eigenvalue weighted by atomic mass is 10.1. The van der Waals surface area contributed by atoms with Gasteiger partial charge < -0.3 is 9.64 Å². The maximum Gasteiger partial charge on any atom is 0.396 e. The molecule has 4 heteroatoms. The number of carbonyl (C=O) groups excluding carboxylic acids is 2. The molecule has 1 fully saturated rings. The molecule has 4 nitrogen and oxygen atoms in total. The molecule has 15 heavy (non-hydrogen) atoms. The lowest BCUT2D eigenvalue weighted by molar-refractivity contribution is -0.158. The molecular formula is C11H19NO3. The molecule has 0 spiro atoms. The SMILES string of the molecule is COC(=O)C(=O)N1CCCCCCCC1. The zero-order valence-electron chi connectivity index (χ0n) is 9.33. The highest BCUT2D eigenvalue weighted by Crippen LogP contribution is 2.11. The molecule has 1 heterocycles. The van der Waals surface area contributed by atoms with Crippen molar-refractivity contribution in [2.45, 2.75) is 38.5 Å². The molecule has 1 aliphatic rings. The molecule has 0 aromatic carbocycles. The third kappa shape index (κ3) is 3.90. The highest BCUT2D eigenvalue weighted by molar-refractivity contribution is 6.32. The van der Waals surface area contributed by atoms with Crippen LogP contribution in [-0.4, -0.2) is 37.0 Å². The van der Waals surface area contributed by atoms with Crippen LogP contribution in [0.2, 0.25) is 0 Å². The van der Waals surface area contributed by atoms with Gasteiger partial charge in [0.15, 0.2) is 0 Å². The summed E-state index contributed by atoms with van der Waals surface area (Å²) in [6, 6.07) is 0. The third-order valence-electron chi connectivity index (χ3n) is 2.75. The average molecular weight is 213 g/mol. The van der Waals surface area contributed by atoms with Gasteiger partial charge in [0.2, 0.25) is 0 Å². The van der Waals surface area contributed by atoms with Crippen LogP contribution in [0.5, 0.6) is 0 Å². The number of hydrogen-bond acceptors (Lipinski definition) is 3. The molecular weight excluding hydrogens is 194 g/mol. The molecule has 1 aliphatic heterocycles. The summed E-state index contributed by atoms with van der Waals surface area (Å²) in [5.41, 5.74) is 0. The number of amides is 1. The van der Waals surface area contributed by atoms with Gasteiger partial charge in [0.25, 0.3) is 0 Å². The molecule has 0 aromatic heterocycles. The molecule has 0 bridgehead atoms. The largest absolute Gasteiger partial charge is 0.462 e. The molecule has 1 rings (SSSR count). The Morgan fingerprint density at radius 2 is 1.40 bits per heavy atom. The molecule has 86 valence electrons. The number of ether oxygens (including phenoxy) is 1. The second-order valence-electron chi connectivity index (χ2n) is 3.91. The second kappa shape index (κ2) is 6.43. The number of hydrogen-bond donors (Lipinski definition) is 0. The van der Waals surface area contributed by atoms with Crippen LogP contribution in [0.25, 0.3) is 0 Å². The van der Waals surface area contributed by atoms with Crippen molar-refractivity contribution < 1.29 is 14.3 Å². The first kappa shape index (κ1) is 12.0. The standard InChI is InChI=1S/C11H19NO3/c1-15-11(14)10(13)12-8-6-4-2-3-5-7-9-12/h2-9H2,1H3. The van der Waals surface area contributed by atoms with Gasteiger partial charge in [0, 0.05) is 13.1 Å². The van der Waals surface area contributed by atoms with E-state index in [1.807, 2.05) is 0 Å². The fourth-order valence-electron chi connectivity index (χ4n) is 1.84. The quantitative estimate of drug-likeness (QED) is 0.450. The van der Waals surface area contributed by atoms with Gasteiger partial charge in [0.1, 0.15) is 0 Å². The Hall–Kier alpha value is -1.06. The van der Waals surface area contributed by atoms with Crippen molar-refractivity contribution in [3.63, 3.8) is 0 Å². The van der Waals surface area contributed by atoms with Gasteiger partial charge in [0.05, 0.1) is 7.11 Å². The summed E-state index contributed by atoms with van der Waals surface area (Å²) in [5.74, 6) is -1.23. The summed E-state index contributed by atoms with van der Waals surface area (Å²) in [4.78, 5) is 24.3. The molecule has 0 aromatic rings. The van der Waals surface area contributed by atoms with Gasteiger partial charge >= 0.3 is 11.9 Å². The first-order valence-electron chi connectivity index (χ1n) is 5.63. The van der Waals surface area contributed by atoms with E-state index in [0.717, 1.165) is 25.7 Å². The minimum Gasteiger partial charge on any atom is -0.462 e. The van der Waals surface area contributed by atoms with Gasteiger partial charge in [-0.3, -0.25) is 4.79 Å². The van der Waals surface area contributed by atoms with Crippen LogP contribution in [-0.2, 0) is 14.3 Å². The van der Waals surface area contributed by atoms with Gasteiger partial charge in [-0.05, 0) is 12.8 Å². The Morgan fingerprint density at radius 1 is 0.933 bits per heavy atom. The molecule has 1 amide bonds. The maximum atomic E-state index is 11.6. The van der Waals surface area contributed by atoms with E-state index in [-0.39, 0.29) is 0 Å². The zero-order chi connectivity index (χ0) is 11.1. The number of rotatable bonds is 0. The predicted molar refractivity (Wildman–Crippen MR) is 56.3 cm³/mol. The Kier molecular flexibility index (Phi) is 5.15. The van der Waals surface area contributed by atoms with Crippen molar-refractivity contribution in [2.75, 3.05) is 20.2 Å². The highest BCUT2D eigenvalue weighted by Gasteiger charge is 2.21. The topological polar surface area (TPSA) is 46.6 Å². The van der Waals surface area contributed by atoms with Gasteiger partial charge in [-0.15, -0.1) is 0 Å². The number of carbonyl (C=O) groups is 2. The molecule has 0 aliphatic carbocycles. The Bertz CT molecular complexity index is 218. The normalized spacial score (nSPS) is 18.6. The molecule has 0 N–H and O–H groups in total. The number of methoxy groups -OCH3 is 1. The van der Waals surface area contributed by atoms with Crippen molar-refractivity contribution in [1.29, 1.82) is 0 Å². The predicted octanol–water partition coefficient (Wildman–Crippen LogP) is 1.34. The van der Waals surface area contributed by atoms with E-state index in [0.29, 0.717) is 13.1 Å². The Morgan fingerprint density at radius 3 is 1.87 bits per heavy atom. The van der Waals surface area contributed by atoms with E-state index in [4.69, 9.17) is 0 Å². The van der Waals surface area contributed by atoms with Crippen LogP contribution in [0.15, 0.2) is 0 Å². The van der Waals surface area contributed by atoms with E-state index < -0.39 is 11.9 Å². The van der Waals surface area contributed by atoms with E-state index in [9.17, 15) is 9.59 Å². The summed E-state index contributed by atoms with van der Waals surface area (Å²) in [5, 5.41) is 0. The summed E-state index contributed by atoms with van der Waals surface area (Å²) >= 11 is 0.